The SMILES string of the molecule is c1ccc2c(c1)CC13C4=C2Cc2cccc(c24)-c2c1c(cc1ccccc21)-c1ccccc13. The molecule has 4 aliphatic carbocycles. The monoisotopic (exact) mass is 416 g/mol. The van der Waals surface area contributed by atoms with Crippen molar-refractivity contribution in [1.29, 1.82) is 0 Å². The van der Waals surface area contributed by atoms with Crippen molar-refractivity contribution >= 4 is 21.9 Å². The van der Waals surface area contributed by atoms with Crippen LogP contribution in [0.2, 0.25) is 0 Å². The average molecular weight is 417 g/mol. The largest absolute Gasteiger partial charge is 0.0620 e. The van der Waals surface area contributed by atoms with E-state index in [9.17, 15) is 0 Å². The van der Waals surface area contributed by atoms with Crippen molar-refractivity contribution in [3.63, 3.8) is 0 Å². The Bertz CT molecular complexity index is 1760. The van der Waals surface area contributed by atoms with Gasteiger partial charge in [0.15, 0.2) is 0 Å². The van der Waals surface area contributed by atoms with Crippen molar-refractivity contribution in [1.82, 2.24) is 0 Å². The van der Waals surface area contributed by atoms with E-state index in [2.05, 4.69) is 97.1 Å². The van der Waals surface area contributed by atoms with Gasteiger partial charge in [-0.25, -0.2) is 0 Å². The predicted molar refractivity (Wildman–Crippen MR) is 136 cm³/mol. The molecule has 0 aromatic heterocycles. The van der Waals surface area contributed by atoms with Crippen LogP contribution in [-0.4, -0.2) is 0 Å². The fraction of sp³-hybridized carbons (Fsp3) is 0.0909. The summed E-state index contributed by atoms with van der Waals surface area (Å²) < 4.78 is 0. The molecule has 5 aromatic rings. The van der Waals surface area contributed by atoms with Crippen molar-refractivity contribution in [3.8, 4) is 22.3 Å². The second-order valence-corrected chi connectivity index (χ2v) is 10.1. The summed E-state index contributed by atoms with van der Waals surface area (Å²) in [5.41, 5.74) is 17.9. The molecule has 0 saturated carbocycles. The van der Waals surface area contributed by atoms with Crippen LogP contribution in [0.5, 0.6) is 0 Å². The number of allylic oxidation sites excluding steroid dienone is 2. The van der Waals surface area contributed by atoms with Gasteiger partial charge in [-0.05, 0) is 96.5 Å². The van der Waals surface area contributed by atoms with Crippen molar-refractivity contribution in [3.05, 3.63) is 130 Å². The van der Waals surface area contributed by atoms with E-state index in [0.29, 0.717) is 0 Å². The maximum Gasteiger partial charge on any atom is 0.0519 e. The van der Waals surface area contributed by atoms with Crippen molar-refractivity contribution in [2.24, 2.45) is 0 Å². The van der Waals surface area contributed by atoms with E-state index >= 15 is 0 Å². The lowest BCUT2D eigenvalue weighted by Gasteiger charge is -2.44. The molecule has 0 fully saturated rings. The van der Waals surface area contributed by atoms with Crippen LogP contribution in [-0.2, 0) is 18.3 Å². The van der Waals surface area contributed by atoms with E-state index in [0.717, 1.165) is 12.8 Å². The Kier molecular flexibility index (Phi) is 2.71. The van der Waals surface area contributed by atoms with Crippen molar-refractivity contribution in [2.45, 2.75) is 18.3 Å². The molecule has 9 rings (SSSR count). The normalized spacial score (nSPS) is 19.9. The highest BCUT2D eigenvalue weighted by Gasteiger charge is 2.55. The Morgan fingerprint density at radius 3 is 2.30 bits per heavy atom. The molecular weight excluding hydrogens is 396 g/mol. The zero-order valence-electron chi connectivity index (χ0n) is 18.2. The van der Waals surface area contributed by atoms with Gasteiger partial charge in [0.1, 0.15) is 0 Å². The Hall–Kier alpha value is -3.90. The molecule has 0 saturated heterocycles. The molecule has 0 heterocycles. The van der Waals surface area contributed by atoms with Crippen LogP contribution in [0.3, 0.4) is 0 Å². The standard InChI is InChI=1S/C33H20/c1-4-12-23-19(8-1)16-27-24-13-5-6-15-28(24)33-18-21-9-2-3-11-22(21)26-17-20-10-7-14-25(29(20)31(26)33)30(23)32(27)33/h1-16H,17-18H2. The molecule has 0 amide bonds. The van der Waals surface area contributed by atoms with E-state index in [4.69, 9.17) is 0 Å². The third kappa shape index (κ3) is 1.70. The van der Waals surface area contributed by atoms with Crippen LogP contribution in [0.4, 0.5) is 0 Å². The summed E-state index contributed by atoms with van der Waals surface area (Å²) in [5, 5.41) is 2.74. The maximum atomic E-state index is 2.46. The fourth-order valence-electron chi connectivity index (χ4n) is 7.68. The number of rotatable bonds is 0. The van der Waals surface area contributed by atoms with Crippen LogP contribution >= 0.6 is 0 Å². The van der Waals surface area contributed by atoms with Crippen LogP contribution in [0.25, 0.3) is 44.2 Å². The number of benzene rings is 5. The average Bonchev–Trinajstić information content (AvgIpc) is 3.39. The Morgan fingerprint density at radius 1 is 0.576 bits per heavy atom. The molecule has 0 radical (unpaired) electrons. The van der Waals surface area contributed by atoms with Crippen LogP contribution in [0.15, 0.2) is 97.1 Å². The molecule has 0 bridgehead atoms. The summed E-state index contributed by atoms with van der Waals surface area (Å²) >= 11 is 0. The summed E-state index contributed by atoms with van der Waals surface area (Å²) in [6.07, 6.45) is 2.09. The van der Waals surface area contributed by atoms with Crippen LogP contribution < -0.4 is 0 Å². The van der Waals surface area contributed by atoms with E-state index < -0.39 is 0 Å². The van der Waals surface area contributed by atoms with Gasteiger partial charge < -0.3 is 0 Å². The molecular formula is C33H20. The number of hydrogen-bond donors (Lipinski definition) is 0. The molecule has 0 aliphatic heterocycles. The topological polar surface area (TPSA) is 0 Å². The van der Waals surface area contributed by atoms with E-state index in [-0.39, 0.29) is 5.41 Å². The van der Waals surface area contributed by atoms with Gasteiger partial charge in [0, 0.05) is 0 Å². The Balaban J connectivity index is 1.59. The molecule has 5 aromatic carbocycles. The minimum Gasteiger partial charge on any atom is -0.0620 e. The zero-order valence-corrected chi connectivity index (χ0v) is 18.2. The van der Waals surface area contributed by atoms with Gasteiger partial charge in [0.05, 0.1) is 5.41 Å². The fourth-order valence-corrected chi connectivity index (χ4v) is 7.68. The minimum absolute atomic E-state index is 0.0887. The second kappa shape index (κ2) is 5.35. The Morgan fingerprint density at radius 2 is 1.33 bits per heavy atom. The number of hydrogen-bond acceptors (Lipinski definition) is 0. The molecule has 1 unspecified atom stereocenters. The van der Waals surface area contributed by atoms with Gasteiger partial charge in [-0.3, -0.25) is 0 Å². The Labute approximate surface area is 192 Å². The first-order chi connectivity index (χ1) is 16.4. The lowest BCUT2D eigenvalue weighted by atomic mass is 9.58. The smallest absolute Gasteiger partial charge is 0.0519 e. The highest BCUT2D eigenvalue weighted by Crippen LogP contribution is 2.69. The van der Waals surface area contributed by atoms with E-state index in [1.807, 2.05) is 0 Å². The third-order valence-corrected chi connectivity index (χ3v) is 8.72. The first-order valence-corrected chi connectivity index (χ1v) is 12.0. The molecule has 152 valence electrons. The molecule has 0 nitrogen and oxygen atoms in total. The van der Waals surface area contributed by atoms with E-state index in [1.54, 1.807) is 16.7 Å². The number of fused-ring (bicyclic) bond motifs is 7. The summed E-state index contributed by atoms with van der Waals surface area (Å²) in [6.45, 7) is 0. The highest BCUT2D eigenvalue weighted by molar-refractivity contribution is 6.19. The maximum absolute atomic E-state index is 2.46. The van der Waals surface area contributed by atoms with Crippen LogP contribution in [0, 0.1) is 0 Å². The summed E-state index contributed by atoms with van der Waals surface area (Å²) in [6, 6.07) is 36.9. The molecule has 4 aliphatic rings. The van der Waals surface area contributed by atoms with Gasteiger partial charge in [0.2, 0.25) is 0 Å². The van der Waals surface area contributed by atoms with Gasteiger partial charge in [0.25, 0.3) is 0 Å². The van der Waals surface area contributed by atoms with Crippen LogP contribution in [0.1, 0.15) is 33.4 Å². The molecule has 0 heteroatoms. The highest BCUT2D eigenvalue weighted by atomic mass is 14.6. The zero-order chi connectivity index (χ0) is 21.3. The lowest BCUT2D eigenvalue weighted by molar-refractivity contribution is 0.667. The van der Waals surface area contributed by atoms with Crippen molar-refractivity contribution in [2.75, 3.05) is 0 Å². The molecule has 0 N–H and O–H groups in total. The summed E-state index contributed by atoms with van der Waals surface area (Å²) in [4.78, 5) is 0. The second-order valence-electron chi connectivity index (χ2n) is 10.1. The van der Waals surface area contributed by atoms with Gasteiger partial charge in [-0.15, -0.1) is 0 Å². The molecule has 33 heavy (non-hydrogen) atoms. The predicted octanol–water partition coefficient (Wildman–Crippen LogP) is 7.81. The summed E-state index contributed by atoms with van der Waals surface area (Å²) in [5.74, 6) is 0. The van der Waals surface area contributed by atoms with Gasteiger partial charge >= 0.3 is 0 Å². The van der Waals surface area contributed by atoms with Gasteiger partial charge in [-0.1, -0.05) is 91.0 Å². The lowest BCUT2D eigenvalue weighted by Crippen LogP contribution is -2.35. The quantitative estimate of drug-likeness (QED) is 0.241. The van der Waals surface area contributed by atoms with Crippen molar-refractivity contribution < 1.29 is 0 Å². The third-order valence-electron chi connectivity index (χ3n) is 8.72. The minimum atomic E-state index is -0.0887. The first-order valence-electron chi connectivity index (χ1n) is 12.0. The molecule has 1 spiro atoms. The first kappa shape index (κ1) is 16.7. The summed E-state index contributed by atoms with van der Waals surface area (Å²) in [7, 11) is 0. The van der Waals surface area contributed by atoms with E-state index in [1.165, 1.54) is 60.8 Å². The molecule has 1 atom stereocenters. The van der Waals surface area contributed by atoms with Gasteiger partial charge in [-0.2, -0.15) is 0 Å².